The van der Waals surface area contributed by atoms with Crippen LogP contribution in [0.15, 0.2) is 77.7 Å². The van der Waals surface area contributed by atoms with Crippen molar-refractivity contribution in [2.24, 2.45) is 0 Å². The van der Waals surface area contributed by atoms with Gasteiger partial charge >= 0.3 is 0 Å². The van der Waals surface area contributed by atoms with Crippen LogP contribution in [-0.2, 0) is 26.2 Å². The Balaban J connectivity index is 2.01. The molecule has 10 heteroatoms. The third-order valence-electron chi connectivity index (χ3n) is 6.19. The fourth-order valence-corrected chi connectivity index (χ4v) is 5.41. The minimum Gasteiger partial charge on any atom is -0.497 e. The lowest BCUT2D eigenvalue weighted by Gasteiger charge is -2.32. The number of nitrogens with zero attached hydrogens (tertiary/aromatic N) is 2. The molecule has 0 aliphatic rings. The highest BCUT2D eigenvalue weighted by atomic mass is 32.2. The number of aryl methyl sites for hydroxylation is 1. The molecule has 2 amide bonds. The molecule has 0 aliphatic carbocycles. The maximum absolute atomic E-state index is 13.8. The molecule has 0 saturated heterocycles. The standard InChI is InChI=1S/C29H34FN3O5S/c1-5-17-31-29(35)22(3)32(19-23-8-6-7-21(2)18-23)28(34)20-33(25-11-9-24(30)10-12-25)39(36,37)27-15-13-26(38-4)14-16-27/h6-16,18,22H,5,17,19-20H2,1-4H3,(H,31,35). The van der Waals surface area contributed by atoms with Crippen LogP contribution in [0.2, 0.25) is 0 Å². The highest BCUT2D eigenvalue weighted by Gasteiger charge is 2.32. The number of methoxy groups -OCH3 is 1. The van der Waals surface area contributed by atoms with Gasteiger partial charge in [0, 0.05) is 13.1 Å². The summed E-state index contributed by atoms with van der Waals surface area (Å²) < 4.78 is 47.3. The summed E-state index contributed by atoms with van der Waals surface area (Å²) in [7, 11) is -2.79. The summed E-state index contributed by atoms with van der Waals surface area (Å²) in [6.07, 6.45) is 0.725. The molecule has 0 radical (unpaired) electrons. The number of anilines is 1. The van der Waals surface area contributed by atoms with Crippen molar-refractivity contribution in [3.8, 4) is 5.75 Å². The predicted octanol–water partition coefficient (Wildman–Crippen LogP) is 4.28. The minimum atomic E-state index is -4.25. The van der Waals surface area contributed by atoms with E-state index in [4.69, 9.17) is 4.74 Å². The Morgan fingerprint density at radius 1 is 1.03 bits per heavy atom. The van der Waals surface area contributed by atoms with Crippen LogP contribution in [0.1, 0.15) is 31.4 Å². The molecule has 0 saturated carbocycles. The van der Waals surface area contributed by atoms with Gasteiger partial charge < -0.3 is 15.0 Å². The maximum atomic E-state index is 13.8. The van der Waals surface area contributed by atoms with Crippen molar-refractivity contribution in [3.05, 3.63) is 89.7 Å². The third-order valence-corrected chi connectivity index (χ3v) is 7.98. The van der Waals surface area contributed by atoms with E-state index in [0.717, 1.165) is 34.0 Å². The first-order chi connectivity index (χ1) is 18.6. The first-order valence-corrected chi connectivity index (χ1v) is 14.1. The van der Waals surface area contributed by atoms with Crippen molar-refractivity contribution in [2.45, 2.75) is 44.7 Å². The van der Waals surface area contributed by atoms with Gasteiger partial charge in [0.1, 0.15) is 24.2 Å². The van der Waals surface area contributed by atoms with Gasteiger partial charge in [-0.05, 0) is 74.4 Å². The van der Waals surface area contributed by atoms with Gasteiger partial charge in [-0.2, -0.15) is 0 Å². The van der Waals surface area contributed by atoms with Crippen molar-refractivity contribution >= 4 is 27.5 Å². The number of nitrogens with one attached hydrogen (secondary N) is 1. The lowest BCUT2D eigenvalue weighted by molar-refractivity contribution is -0.139. The highest BCUT2D eigenvalue weighted by Crippen LogP contribution is 2.26. The van der Waals surface area contributed by atoms with Gasteiger partial charge in [-0.15, -0.1) is 0 Å². The lowest BCUT2D eigenvalue weighted by atomic mass is 10.1. The fraction of sp³-hybridized carbons (Fsp3) is 0.310. The van der Waals surface area contributed by atoms with Crippen molar-refractivity contribution in [3.63, 3.8) is 0 Å². The number of hydrogen-bond acceptors (Lipinski definition) is 5. The number of rotatable bonds is 12. The zero-order valence-corrected chi connectivity index (χ0v) is 23.4. The van der Waals surface area contributed by atoms with E-state index in [2.05, 4.69) is 5.32 Å². The van der Waals surface area contributed by atoms with Crippen molar-refractivity contribution in [1.29, 1.82) is 0 Å². The van der Waals surface area contributed by atoms with Gasteiger partial charge in [0.2, 0.25) is 11.8 Å². The minimum absolute atomic E-state index is 0.0700. The van der Waals surface area contributed by atoms with Gasteiger partial charge in [0.15, 0.2) is 0 Å². The lowest BCUT2D eigenvalue weighted by Crippen LogP contribution is -2.51. The number of carbonyl (C=O) groups is 2. The Hall–Kier alpha value is -3.92. The molecule has 3 aromatic carbocycles. The normalized spacial score (nSPS) is 11.9. The summed E-state index contributed by atoms with van der Waals surface area (Å²) >= 11 is 0. The van der Waals surface area contributed by atoms with E-state index in [1.165, 1.54) is 48.4 Å². The quantitative estimate of drug-likeness (QED) is 0.360. The number of ether oxygens (including phenoxy) is 1. The number of amides is 2. The summed E-state index contributed by atoms with van der Waals surface area (Å²) in [4.78, 5) is 28.0. The van der Waals surface area contributed by atoms with Gasteiger partial charge in [-0.1, -0.05) is 36.8 Å². The van der Waals surface area contributed by atoms with E-state index in [1.54, 1.807) is 6.92 Å². The molecule has 0 heterocycles. The number of sulfonamides is 1. The SMILES string of the molecule is CCCNC(=O)C(C)N(Cc1cccc(C)c1)C(=O)CN(c1ccc(F)cc1)S(=O)(=O)c1ccc(OC)cc1. The van der Waals surface area contributed by atoms with Crippen molar-refractivity contribution in [2.75, 3.05) is 24.5 Å². The van der Waals surface area contributed by atoms with E-state index < -0.39 is 34.3 Å². The first-order valence-electron chi connectivity index (χ1n) is 12.6. The predicted molar refractivity (Wildman–Crippen MR) is 148 cm³/mol. The summed E-state index contributed by atoms with van der Waals surface area (Å²) in [6.45, 7) is 5.40. The van der Waals surface area contributed by atoms with Crippen molar-refractivity contribution < 1.29 is 27.1 Å². The zero-order chi connectivity index (χ0) is 28.6. The number of hydrogen-bond donors (Lipinski definition) is 1. The molecule has 0 aromatic heterocycles. The highest BCUT2D eigenvalue weighted by molar-refractivity contribution is 7.92. The topological polar surface area (TPSA) is 96.0 Å². The molecule has 3 aromatic rings. The average molecular weight is 556 g/mol. The van der Waals surface area contributed by atoms with Crippen LogP contribution >= 0.6 is 0 Å². The Morgan fingerprint density at radius 3 is 2.28 bits per heavy atom. The van der Waals surface area contributed by atoms with Crippen LogP contribution in [0.25, 0.3) is 0 Å². The molecule has 1 atom stereocenters. The second-order valence-electron chi connectivity index (χ2n) is 9.14. The van der Waals surface area contributed by atoms with Gasteiger partial charge in [-0.3, -0.25) is 13.9 Å². The van der Waals surface area contributed by atoms with Crippen LogP contribution in [0.4, 0.5) is 10.1 Å². The summed E-state index contributed by atoms with van der Waals surface area (Å²) in [6, 6.07) is 17.3. The Kier molecular flexibility index (Phi) is 10.1. The Bertz CT molecular complexity index is 1380. The van der Waals surface area contributed by atoms with Crippen LogP contribution < -0.4 is 14.4 Å². The first kappa shape index (κ1) is 29.6. The zero-order valence-electron chi connectivity index (χ0n) is 22.6. The number of halogens is 1. The molecular formula is C29H34FN3O5S. The smallest absolute Gasteiger partial charge is 0.264 e. The molecule has 208 valence electrons. The summed E-state index contributed by atoms with van der Waals surface area (Å²) in [5, 5.41) is 2.80. The van der Waals surface area contributed by atoms with Gasteiger partial charge in [-0.25, -0.2) is 12.8 Å². The molecule has 39 heavy (non-hydrogen) atoms. The maximum Gasteiger partial charge on any atom is 0.264 e. The Labute approximate surface area is 229 Å². The van der Waals surface area contributed by atoms with E-state index >= 15 is 0 Å². The molecule has 1 N–H and O–H groups in total. The molecule has 8 nitrogen and oxygen atoms in total. The second-order valence-corrected chi connectivity index (χ2v) is 11.0. The molecule has 3 rings (SSSR count). The monoisotopic (exact) mass is 555 g/mol. The van der Waals surface area contributed by atoms with Crippen LogP contribution in [0.5, 0.6) is 5.75 Å². The van der Waals surface area contributed by atoms with Crippen LogP contribution in [0.3, 0.4) is 0 Å². The largest absolute Gasteiger partial charge is 0.497 e. The van der Waals surface area contributed by atoms with E-state index in [-0.39, 0.29) is 23.0 Å². The van der Waals surface area contributed by atoms with E-state index in [1.807, 2.05) is 38.1 Å². The van der Waals surface area contributed by atoms with E-state index in [0.29, 0.717) is 12.3 Å². The number of carbonyl (C=O) groups excluding carboxylic acids is 2. The average Bonchev–Trinajstić information content (AvgIpc) is 2.93. The van der Waals surface area contributed by atoms with E-state index in [9.17, 15) is 22.4 Å². The molecule has 0 aliphatic heterocycles. The second kappa shape index (κ2) is 13.2. The Morgan fingerprint density at radius 2 is 1.69 bits per heavy atom. The molecule has 1 unspecified atom stereocenters. The fourth-order valence-electron chi connectivity index (χ4n) is 4.00. The van der Waals surface area contributed by atoms with Crippen LogP contribution in [-0.4, -0.2) is 51.4 Å². The van der Waals surface area contributed by atoms with Crippen molar-refractivity contribution in [1.82, 2.24) is 10.2 Å². The van der Waals surface area contributed by atoms with Crippen LogP contribution in [0, 0.1) is 12.7 Å². The van der Waals surface area contributed by atoms with Gasteiger partial charge in [0.25, 0.3) is 10.0 Å². The third kappa shape index (κ3) is 7.57. The van der Waals surface area contributed by atoms with Gasteiger partial charge in [0.05, 0.1) is 17.7 Å². The molecule has 0 fully saturated rings. The summed E-state index contributed by atoms with van der Waals surface area (Å²) in [5.74, 6) is -1.01. The molecular weight excluding hydrogens is 521 g/mol. The summed E-state index contributed by atoms with van der Waals surface area (Å²) in [5.41, 5.74) is 1.89. The molecule has 0 bridgehead atoms. The number of benzene rings is 3. The molecule has 0 spiro atoms.